The van der Waals surface area contributed by atoms with Crippen molar-refractivity contribution < 1.29 is 4.79 Å². The van der Waals surface area contributed by atoms with Crippen LogP contribution in [0, 0.1) is 17.8 Å². The van der Waals surface area contributed by atoms with Crippen molar-refractivity contribution in [2.75, 3.05) is 24.1 Å². The number of nitrogens with two attached hydrogens (primary N) is 1. The number of nitrogens with one attached hydrogen (secondary N) is 1. The molecule has 3 N–H and O–H groups in total. The lowest BCUT2D eigenvalue weighted by molar-refractivity contribution is 0.102. The number of likely N-dealkylation sites (tertiary alicyclic amines) is 1. The average molecular weight is 478 g/mol. The lowest BCUT2D eigenvalue weighted by Crippen LogP contribution is -2.43. The Morgan fingerprint density at radius 2 is 2.06 bits per heavy atom. The summed E-state index contributed by atoms with van der Waals surface area (Å²) in [5.41, 5.74) is 9.24. The lowest BCUT2D eigenvalue weighted by Gasteiger charge is -2.36. The Balaban J connectivity index is 1.39. The molecule has 3 aromatic heterocycles. The summed E-state index contributed by atoms with van der Waals surface area (Å²) >= 11 is 0. The van der Waals surface area contributed by atoms with Crippen LogP contribution in [0.1, 0.15) is 42.4 Å². The highest BCUT2D eigenvalue weighted by atomic mass is 16.1. The predicted octanol–water partition coefficient (Wildman–Crippen LogP) is 3.96. The van der Waals surface area contributed by atoms with Crippen LogP contribution in [-0.4, -0.2) is 43.2 Å². The summed E-state index contributed by atoms with van der Waals surface area (Å²) in [4.78, 5) is 28.9. The molecule has 1 aromatic carbocycles. The Morgan fingerprint density at radius 1 is 1.19 bits per heavy atom. The van der Waals surface area contributed by atoms with Gasteiger partial charge in [0.2, 0.25) is 0 Å². The molecule has 36 heavy (non-hydrogen) atoms. The van der Waals surface area contributed by atoms with Gasteiger partial charge >= 0.3 is 0 Å². The molecule has 0 radical (unpaired) electrons. The van der Waals surface area contributed by atoms with Crippen LogP contribution in [0.2, 0.25) is 0 Å². The number of amides is 1. The second-order valence-corrected chi connectivity index (χ2v) is 9.51. The van der Waals surface area contributed by atoms with E-state index in [4.69, 9.17) is 10.7 Å². The summed E-state index contributed by atoms with van der Waals surface area (Å²) in [6.07, 6.45) is 8.65. The van der Waals surface area contributed by atoms with Crippen molar-refractivity contribution in [3.05, 3.63) is 72.4 Å². The number of aromatic nitrogens is 4. The number of anilines is 2. The van der Waals surface area contributed by atoms with Gasteiger partial charge in [0.1, 0.15) is 28.7 Å². The number of fused-ring (bicyclic) bond motifs is 3. The van der Waals surface area contributed by atoms with E-state index in [9.17, 15) is 4.79 Å². The van der Waals surface area contributed by atoms with Crippen molar-refractivity contribution in [1.82, 2.24) is 24.3 Å². The van der Waals surface area contributed by atoms with Gasteiger partial charge in [-0.05, 0) is 56.4 Å². The highest BCUT2D eigenvalue weighted by Gasteiger charge is 2.54. The van der Waals surface area contributed by atoms with E-state index in [0.29, 0.717) is 23.1 Å². The number of imidazole rings is 1. The Kier molecular flexibility index (Phi) is 5.42. The maximum Gasteiger partial charge on any atom is 0.256 e. The smallest absolute Gasteiger partial charge is 0.256 e. The number of carbonyl (C=O) groups excluding carboxylic acids is 1. The average Bonchev–Trinajstić information content (AvgIpc) is 3.60. The second-order valence-electron chi connectivity index (χ2n) is 9.51. The van der Waals surface area contributed by atoms with Gasteiger partial charge in [0.15, 0.2) is 0 Å². The van der Waals surface area contributed by atoms with Crippen LogP contribution in [0.4, 0.5) is 11.6 Å². The number of rotatable bonds is 5. The molecule has 180 valence electrons. The molecule has 4 aromatic rings. The molecule has 1 amide bonds. The number of nitrogen functional groups attached to an aromatic ring is 1. The van der Waals surface area contributed by atoms with Crippen LogP contribution in [0.15, 0.2) is 61.1 Å². The molecule has 8 nitrogen and oxygen atoms in total. The largest absolute Gasteiger partial charge is 0.382 e. The zero-order valence-electron chi connectivity index (χ0n) is 20.1. The Labute approximate surface area is 209 Å². The predicted molar refractivity (Wildman–Crippen MR) is 139 cm³/mol. The van der Waals surface area contributed by atoms with Gasteiger partial charge in [0, 0.05) is 36.3 Å². The van der Waals surface area contributed by atoms with Crippen molar-refractivity contribution in [2.24, 2.45) is 5.92 Å². The van der Waals surface area contributed by atoms with Gasteiger partial charge in [-0.15, -0.1) is 5.92 Å². The molecule has 8 heteroatoms. The summed E-state index contributed by atoms with van der Waals surface area (Å²) < 4.78 is 2.11. The van der Waals surface area contributed by atoms with Crippen LogP contribution < -0.4 is 11.1 Å². The summed E-state index contributed by atoms with van der Waals surface area (Å²) in [6, 6.07) is 12.8. The Hall–Kier alpha value is -4.22. The first kappa shape index (κ1) is 22.3. The van der Waals surface area contributed by atoms with Crippen LogP contribution >= 0.6 is 0 Å². The highest BCUT2D eigenvalue weighted by molar-refractivity contribution is 6.04. The molecule has 1 aliphatic heterocycles. The van der Waals surface area contributed by atoms with Crippen LogP contribution in [0.25, 0.3) is 16.8 Å². The first-order chi connectivity index (χ1) is 17.6. The zero-order valence-corrected chi connectivity index (χ0v) is 20.1. The maximum absolute atomic E-state index is 12.7. The Morgan fingerprint density at radius 3 is 2.81 bits per heavy atom. The quantitative estimate of drug-likeness (QED) is 0.422. The number of piperidine rings is 1. The molecule has 1 saturated carbocycles. The summed E-state index contributed by atoms with van der Waals surface area (Å²) in [6.45, 7) is 3.66. The minimum atomic E-state index is -0.216. The van der Waals surface area contributed by atoms with Gasteiger partial charge in [-0.1, -0.05) is 24.1 Å². The van der Waals surface area contributed by atoms with E-state index in [0.717, 1.165) is 48.5 Å². The number of pyridine rings is 1. The number of hydrogen-bond acceptors (Lipinski definition) is 6. The van der Waals surface area contributed by atoms with Gasteiger partial charge in [-0.3, -0.25) is 14.1 Å². The van der Waals surface area contributed by atoms with E-state index in [1.807, 2.05) is 37.4 Å². The fourth-order valence-electron chi connectivity index (χ4n) is 5.79. The molecule has 2 aliphatic rings. The minimum absolute atomic E-state index is 0.161. The molecule has 6 rings (SSSR count). The van der Waals surface area contributed by atoms with Gasteiger partial charge < -0.3 is 11.1 Å². The standard InChI is InChI=1S/C28H27N7O/c1-2-3-15-34-18-19-11-12-28(34,17-19)27-33-23(24-25(29)31-14-16-35(24)27)20-7-9-21(10-8-20)26(36)32-22-6-4-5-13-30-22/h4-10,13-14,16,19H,11-12,15,17-18H2,1H3,(H2,29,31)(H,30,32,36). The first-order valence-corrected chi connectivity index (χ1v) is 12.2. The van der Waals surface area contributed by atoms with Gasteiger partial charge in [0.25, 0.3) is 5.91 Å². The Bertz CT molecular complexity index is 1500. The molecule has 2 bridgehead atoms. The SMILES string of the molecule is CC#CCN1CC2CCC1(c1nc(-c3ccc(C(=O)Nc4ccccn4)cc3)c3c(N)nccn13)C2. The zero-order chi connectivity index (χ0) is 24.7. The van der Waals surface area contributed by atoms with E-state index in [1.165, 1.54) is 6.42 Å². The van der Waals surface area contributed by atoms with E-state index >= 15 is 0 Å². The van der Waals surface area contributed by atoms with Gasteiger partial charge in [-0.2, -0.15) is 0 Å². The molecule has 0 spiro atoms. The molecule has 2 fully saturated rings. The fourth-order valence-corrected chi connectivity index (χ4v) is 5.79. The van der Waals surface area contributed by atoms with Gasteiger partial charge in [-0.25, -0.2) is 15.0 Å². The number of carbonyl (C=O) groups is 1. The third-order valence-corrected chi connectivity index (χ3v) is 7.45. The van der Waals surface area contributed by atoms with Crippen molar-refractivity contribution in [3.63, 3.8) is 0 Å². The van der Waals surface area contributed by atoms with Crippen molar-refractivity contribution in [2.45, 2.75) is 31.7 Å². The van der Waals surface area contributed by atoms with Crippen LogP contribution in [-0.2, 0) is 5.54 Å². The molecule has 2 unspecified atom stereocenters. The number of nitrogens with zero attached hydrogens (tertiary/aromatic N) is 5. The van der Waals surface area contributed by atoms with E-state index in [1.54, 1.807) is 30.6 Å². The first-order valence-electron chi connectivity index (χ1n) is 12.2. The summed E-state index contributed by atoms with van der Waals surface area (Å²) in [5.74, 6) is 8.70. The molecule has 1 aliphatic carbocycles. The normalized spacial score (nSPS) is 20.9. The summed E-state index contributed by atoms with van der Waals surface area (Å²) in [5, 5.41) is 2.82. The topological polar surface area (TPSA) is 101 Å². The van der Waals surface area contributed by atoms with E-state index < -0.39 is 0 Å². The van der Waals surface area contributed by atoms with Crippen LogP contribution in [0.5, 0.6) is 0 Å². The van der Waals surface area contributed by atoms with Gasteiger partial charge in [0.05, 0.1) is 12.1 Å². The van der Waals surface area contributed by atoms with Crippen LogP contribution in [0.3, 0.4) is 0 Å². The lowest BCUT2D eigenvalue weighted by atomic mass is 9.95. The second kappa shape index (κ2) is 8.77. The van der Waals surface area contributed by atoms with E-state index in [2.05, 4.69) is 36.4 Å². The molecule has 4 heterocycles. The minimum Gasteiger partial charge on any atom is -0.382 e. The van der Waals surface area contributed by atoms with E-state index in [-0.39, 0.29) is 11.4 Å². The number of hydrogen-bond donors (Lipinski definition) is 2. The third kappa shape index (κ3) is 3.60. The molecule has 1 saturated heterocycles. The monoisotopic (exact) mass is 477 g/mol. The third-order valence-electron chi connectivity index (χ3n) is 7.45. The summed E-state index contributed by atoms with van der Waals surface area (Å²) in [7, 11) is 0. The van der Waals surface area contributed by atoms with Crippen molar-refractivity contribution >= 4 is 23.1 Å². The molecular weight excluding hydrogens is 450 g/mol. The van der Waals surface area contributed by atoms with Crippen molar-refractivity contribution in [3.8, 4) is 23.1 Å². The van der Waals surface area contributed by atoms with Crippen molar-refractivity contribution in [1.29, 1.82) is 0 Å². The number of benzene rings is 1. The highest BCUT2D eigenvalue weighted by Crippen LogP contribution is 2.53. The molecule has 2 atom stereocenters. The maximum atomic E-state index is 12.7. The molecular formula is C28H27N7O. The fraction of sp³-hybridized carbons (Fsp3) is 0.286.